The summed E-state index contributed by atoms with van der Waals surface area (Å²) in [7, 11) is -1.91. The lowest BCUT2D eigenvalue weighted by atomic mass is 10.0. The van der Waals surface area contributed by atoms with Crippen molar-refractivity contribution < 1.29 is 9.53 Å². The maximum Gasteiger partial charge on any atom is 0.192 e. The third kappa shape index (κ3) is 7.58. The molecule has 1 aromatic carbocycles. The summed E-state index contributed by atoms with van der Waals surface area (Å²) in [4.78, 5) is 0. The summed E-state index contributed by atoms with van der Waals surface area (Å²) in [5.41, 5.74) is 1.17. The van der Waals surface area contributed by atoms with Gasteiger partial charge >= 0.3 is 0 Å². The van der Waals surface area contributed by atoms with E-state index in [9.17, 15) is 5.11 Å². The van der Waals surface area contributed by atoms with E-state index < -0.39 is 8.32 Å². The summed E-state index contributed by atoms with van der Waals surface area (Å²) in [5.74, 6) is 0. The summed E-state index contributed by atoms with van der Waals surface area (Å²) in [6.45, 7) is 16.1. The van der Waals surface area contributed by atoms with Gasteiger partial charge in [0, 0.05) is 13.2 Å². The smallest absolute Gasteiger partial charge is 0.192 e. The molecule has 3 nitrogen and oxygen atoms in total. The normalized spacial score (nSPS) is 15.2. The Morgan fingerprint density at radius 2 is 1.88 bits per heavy atom. The Hall–Kier alpha value is -1.20. The van der Waals surface area contributed by atoms with Gasteiger partial charge in [-0.2, -0.15) is 0 Å². The van der Waals surface area contributed by atoms with E-state index in [0.29, 0.717) is 0 Å². The van der Waals surface area contributed by atoms with Crippen molar-refractivity contribution in [1.82, 2.24) is 5.32 Å². The summed E-state index contributed by atoms with van der Waals surface area (Å²) < 4.78 is 6.73. The second-order valence-electron chi connectivity index (χ2n) is 8.27. The van der Waals surface area contributed by atoms with Crippen LogP contribution in [0.4, 0.5) is 0 Å². The second-order valence-corrected chi connectivity index (χ2v) is 13.0. The predicted molar refractivity (Wildman–Crippen MR) is 116 cm³/mol. The van der Waals surface area contributed by atoms with E-state index in [1.165, 1.54) is 5.56 Å². The van der Waals surface area contributed by atoms with Crippen molar-refractivity contribution in [2.45, 2.75) is 63.9 Å². The lowest BCUT2D eigenvalue weighted by Gasteiger charge is -2.41. The van der Waals surface area contributed by atoms with Gasteiger partial charge in [0.25, 0.3) is 0 Å². The molecular formula is C22H37NO2Si. The minimum absolute atomic E-state index is 0.0305. The molecular weight excluding hydrogens is 338 g/mol. The number of hydrogen-bond acceptors (Lipinski definition) is 3. The average molecular weight is 376 g/mol. The molecule has 0 bridgehead atoms. The van der Waals surface area contributed by atoms with E-state index in [1.807, 2.05) is 24.3 Å². The molecule has 146 valence electrons. The van der Waals surface area contributed by atoms with Crippen LogP contribution in [0.2, 0.25) is 18.1 Å². The average Bonchev–Trinajstić information content (AvgIpc) is 2.58. The summed E-state index contributed by atoms with van der Waals surface area (Å²) >= 11 is 0. The van der Waals surface area contributed by atoms with Crippen LogP contribution in [0.3, 0.4) is 0 Å². The maximum atomic E-state index is 9.34. The quantitative estimate of drug-likeness (QED) is 0.422. The zero-order valence-electron chi connectivity index (χ0n) is 17.2. The van der Waals surface area contributed by atoms with Gasteiger partial charge in [0.1, 0.15) is 0 Å². The molecule has 0 saturated heterocycles. The molecule has 0 aliphatic carbocycles. The van der Waals surface area contributed by atoms with E-state index in [-0.39, 0.29) is 23.8 Å². The van der Waals surface area contributed by atoms with Crippen LogP contribution < -0.4 is 5.32 Å². The molecule has 0 amide bonds. The number of aliphatic hydroxyl groups excluding tert-OH is 1. The number of rotatable bonds is 11. The molecule has 2 atom stereocenters. The molecule has 4 heteroatoms. The van der Waals surface area contributed by atoms with Gasteiger partial charge in [-0.25, -0.2) is 0 Å². The Labute approximate surface area is 161 Å². The topological polar surface area (TPSA) is 41.5 Å². The Morgan fingerprint density at radius 1 is 1.23 bits per heavy atom. The van der Waals surface area contributed by atoms with Crippen molar-refractivity contribution in [3.8, 4) is 0 Å². The van der Waals surface area contributed by atoms with Crippen LogP contribution in [-0.4, -0.2) is 38.7 Å². The predicted octanol–water partition coefficient (Wildman–Crippen LogP) is 5.01. The van der Waals surface area contributed by atoms with Crippen LogP contribution in [0.25, 0.3) is 6.08 Å². The Bertz CT molecular complexity index is 549. The number of hydrogen-bond donors (Lipinski definition) is 2. The molecule has 2 N–H and O–H groups in total. The zero-order chi connectivity index (χ0) is 19.6. The van der Waals surface area contributed by atoms with Crippen molar-refractivity contribution in [2.24, 2.45) is 0 Å². The standard InChI is InChI=1S/C22H37NO2Si/c1-7-17-23-20(16-15-19-12-9-8-10-13-19)21(14-11-18-24)25-26(5,6)22(2,3)4/h7-10,12-13,15-16,20-21,23-24H,1,11,14,17-18H2,2-6H3/b16-15+/t20-,21+/m0/s1. The molecule has 26 heavy (non-hydrogen) atoms. The highest BCUT2D eigenvalue weighted by Gasteiger charge is 2.40. The van der Waals surface area contributed by atoms with Crippen molar-refractivity contribution in [3.05, 3.63) is 54.6 Å². The first kappa shape index (κ1) is 22.8. The van der Waals surface area contributed by atoms with Gasteiger partial charge in [0.15, 0.2) is 8.32 Å². The monoisotopic (exact) mass is 375 g/mol. The van der Waals surface area contributed by atoms with E-state index in [2.05, 4.69) is 70.0 Å². The maximum absolute atomic E-state index is 9.34. The van der Waals surface area contributed by atoms with Crippen LogP contribution in [0.15, 0.2) is 49.1 Å². The zero-order valence-corrected chi connectivity index (χ0v) is 18.2. The fraction of sp³-hybridized carbons (Fsp3) is 0.545. The van der Waals surface area contributed by atoms with Crippen molar-refractivity contribution in [3.63, 3.8) is 0 Å². The molecule has 0 unspecified atom stereocenters. The van der Waals surface area contributed by atoms with Gasteiger partial charge in [-0.15, -0.1) is 6.58 Å². The third-order valence-electron chi connectivity index (χ3n) is 5.09. The SMILES string of the molecule is C=CCN[C@@H](/C=C/c1ccccc1)[C@@H](CCCO)O[Si](C)(C)C(C)(C)C. The van der Waals surface area contributed by atoms with Crippen molar-refractivity contribution in [2.75, 3.05) is 13.2 Å². The van der Waals surface area contributed by atoms with Gasteiger partial charge in [-0.05, 0) is 36.5 Å². The van der Waals surface area contributed by atoms with Gasteiger partial charge in [0.2, 0.25) is 0 Å². The largest absolute Gasteiger partial charge is 0.412 e. The highest BCUT2D eigenvalue weighted by molar-refractivity contribution is 6.74. The van der Waals surface area contributed by atoms with E-state index in [1.54, 1.807) is 0 Å². The van der Waals surface area contributed by atoms with Crippen LogP contribution in [0.5, 0.6) is 0 Å². The first-order chi connectivity index (χ1) is 12.2. The first-order valence-corrected chi connectivity index (χ1v) is 12.5. The Balaban J connectivity index is 3.03. The molecule has 0 fully saturated rings. The first-order valence-electron chi connectivity index (χ1n) is 9.57. The molecule has 1 aromatic rings. The Morgan fingerprint density at radius 3 is 2.42 bits per heavy atom. The van der Waals surface area contributed by atoms with Gasteiger partial charge in [0.05, 0.1) is 12.1 Å². The molecule has 0 aliphatic heterocycles. The Kier molecular flexibility index (Phi) is 9.51. The highest BCUT2D eigenvalue weighted by atomic mass is 28.4. The number of nitrogens with one attached hydrogen (secondary N) is 1. The van der Waals surface area contributed by atoms with Crippen molar-refractivity contribution >= 4 is 14.4 Å². The van der Waals surface area contributed by atoms with Crippen LogP contribution in [0.1, 0.15) is 39.2 Å². The lowest BCUT2D eigenvalue weighted by molar-refractivity contribution is 0.133. The van der Waals surface area contributed by atoms with Gasteiger partial charge in [-0.1, -0.05) is 69.3 Å². The molecule has 0 heterocycles. The summed E-state index contributed by atoms with van der Waals surface area (Å²) in [5, 5.41) is 13.0. The number of aliphatic hydroxyl groups is 1. The molecule has 1 rings (SSSR count). The minimum Gasteiger partial charge on any atom is -0.412 e. The molecule has 0 spiro atoms. The minimum atomic E-state index is -1.91. The molecule has 0 radical (unpaired) electrons. The fourth-order valence-electron chi connectivity index (χ4n) is 2.48. The molecule has 0 aromatic heterocycles. The fourth-order valence-corrected chi connectivity index (χ4v) is 3.86. The van der Waals surface area contributed by atoms with Gasteiger partial charge < -0.3 is 14.8 Å². The van der Waals surface area contributed by atoms with Crippen LogP contribution in [0, 0.1) is 0 Å². The second kappa shape index (κ2) is 10.8. The van der Waals surface area contributed by atoms with E-state index in [0.717, 1.165) is 19.4 Å². The van der Waals surface area contributed by atoms with E-state index in [4.69, 9.17) is 4.43 Å². The number of benzene rings is 1. The molecule has 0 aliphatic rings. The highest BCUT2D eigenvalue weighted by Crippen LogP contribution is 2.38. The third-order valence-corrected chi connectivity index (χ3v) is 9.60. The van der Waals surface area contributed by atoms with Gasteiger partial charge in [-0.3, -0.25) is 0 Å². The van der Waals surface area contributed by atoms with Crippen LogP contribution >= 0.6 is 0 Å². The lowest BCUT2D eigenvalue weighted by Crippen LogP contribution is -2.50. The molecule has 0 saturated carbocycles. The van der Waals surface area contributed by atoms with Crippen LogP contribution in [-0.2, 0) is 4.43 Å². The summed E-state index contributed by atoms with van der Waals surface area (Å²) in [6.07, 6.45) is 7.80. The van der Waals surface area contributed by atoms with Crippen molar-refractivity contribution in [1.29, 1.82) is 0 Å². The summed E-state index contributed by atoms with van der Waals surface area (Å²) in [6, 6.07) is 10.4. The van der Waals surface area contributed by atoms with E-state index >= 15 is 0 Å².